The maximum Gasteiger partial charge on any atom is 0.161 e. The van der Waals surface area contributed by atoms with Crippen LogP contribution in [0.5, 0.6) is 11.5 Å². The predicted molar refractivity (Wildman–Crippen MR) is 115 cm³/mol. The van der Waals surface area contributed by atoms with Gasteiger partial charge in [-0.05, 0) is 54.1 Å². The molecule has 0 fully saturated rings. The second-order valence-corrected chi connectivity index (χ2v) is 7.63. The second-order valence-electron chi connectivity index (χ2n) is 5.87. The number of nitrogens with one attached hydrogen (secondary N) is 1. The van der Waals surface area contributed by atoms with Gasteiger partial charge in [0.1, 0.15) is 6.61 Å². The van der Waals surface area contributed by atoms with Gasteiger partial charge in [-0.25, -0.2) is 0 Å². The van der Waals surface area contributed by atoms with Gasteiger partial charge in [-0.1, -0.05) is 51.3 Å². The molecule has 0 saturated heterocycles. The van der Waals surface area contributed by atoms with Crippen LogP contribution in [-0.4, -0.2) is 7.11 Å². The van der Waals surface area contributed by atoms with Crippen LogP contribution < -0.4 is 14.8 Å². The van der Waals surface area contributed by atoms with E-state index in [1.807, 2.05) is 48.5 Å². The van der Waals surface area contributed by atoms with Gasteiger partial charge < -0.3 is 14.8 Å². The van der Waals surface area contributed by atoms with Gasteiger partial charge in [0.15, 0.2) is 11.5 Å². The highest BCUT2D eigenvalue weighted by Gasteiger charge is 2.08. The monoisotopic (exact) mass is 465 g/mol. The zero-order chi connectivity index (χ0) is 19.2. The maximum atomic E-state index is 6.20. The molecule has 0 aliphatic rings. The molecule has 0 spiro atoms. The average molecular weight is 467 g/mol. The zero-order valence-electron chi connectivity index (χ0n) is 14.6. The van der Waals surface area contributed by atoms with E-state index in [1.54, 1.807) is 19.2 Å². The van der Waals surface area contributed by atoms with Crippen LogP contribution in [0, 0.1) is 0 Å². The van der Waals surface area contributed by atoms with Crippen molar-refractivity contribution in [3.05, 3.63) is 86.3 Å². The molecule has 0 amide bonds. The van der Waals surface area contributed by atoms with E-state index in [1.165, 1.54) is 0 Å². The van der Waals surface area contributed by atoms with Crippen molar-refractivity contribution in [2.45, 2.75) is 13.2 Å². The minimum absolute atomic E-state index is 0.336. The third-order valence-corrected chi connectivity index (χ3v) is 5.08. The van der Waals surface area contributed by atoms with Crippen LogP contribution in [0.15, 0.2) is 65.1 Å². The zero-order valence-corrected chi connectivity index (χ0v) is 17.7. The number of hydrogen-bond acceptors (Lipinski definition) is 3. The molecule has 0 bridgehead atoms. The SMILES string of the molecule is COc1cc(CNc2ccc(Br)cc2)ccc1OCc1ccc(Cl)cc1Cl. The van der Waals surface area contributed by atoms with Crippen molar-refractivity contribution in [1.29, 1.82) is 0 Å². The Bertz CT molecular complexity index is 917. The Kier molecular flexibility index (Phi) is 6.89. The summed E-state index contributed by atoms with van der Waals surface area (Å²) in [5.74, 6) is 1.34. The van der Waals surface area contributed by atoms with Gasteiger partial charge in [-0.2, -0.15) is 0 Å². The molecule has 27 heavy (non-hydrogen) atoms. The van der Waals surface area contributed by atoms with E-state index < -0.39 is 0 Å². The van der Waals surface area contributed by atoms with E-state index in [0.717, 1.165) is 21.3 Å². The van der Waals surface area contributed by atoms with Crippen molar-refractivity contribution in [3.8, 4) is 11.5 Å². The Hall–Kier alpha value is -1.88. The molecule has 0 aromatic heterocycles. The molecule has 0 radical (unpaired) electrons. The van der Waals surface area contributed by atoms with Crippen LogP contribution in [0.2, 0.25) is 10.0 Å². The summed E-state index contributed by atoms with van der Waals surface area (Å²) in [5.41, 5.74) is 3.01. The third kappa shape index (κ3) is 5.55. The lowest BCUT2D eigenvalue weighted by Gasteiger charge is -2.14. The number of halogens is 3. The van der Waals surface area contributed by atoms with Crippen LogP contribution in [0.25, 0.3) is 0 Å². The van der Waals surface area contributed by atoms with Gasteiger partial charge in [0.25, 0.3) is 0 Å². The molecule has 0 aliphatic carbocycles. The number of hydrogen-bond donors (Lipinski definition) is 1. The number of benzene rings is 3. The first kappa shape index (κ1) is 19.9. The fraction of sp³-hybridized carbons (Fsp3) is 0.143. The molecular weight excluding hydrogens is 449 g/mol. The normalized spacial score (nSPS) is 10.5. The highest BCUT2D eigenvalue weighted by Crippen LogP contribution is 2.30. The Labute approximate surface area is 177 Å². The van der Waals surface area contributed by atoms with Gasteiger partial charge in [0, 0.05) is 32.3 Å². The van der Waals surface area contributed by atoms with Crippen molar-refractivity contribution in [2.24, 2.45) is 0 Å². The number of ether oxygens (including phenoxy) is 2. The van der Waals surface area contributed by atoms with E-state index in [0.29, 0.717) is 34.7 Å². The lowest BCUT2D eigenvalue weighted by atomic mass is 10.2. The summed E-state index contributed by atoms with van der Waals surface area (Å²) in [6.07, 6.45) is 0. The first-order valence-electron chi connectivity index (χ1n) is 8.28. The molecule has 6 heteroatoms. The topological polar surface area (TPSA) is 30.5 Å². The van der Waals surface area contributed by atoms with Crippen molar-refractivity contribution >= 4 is 44.8 Å². The molecule has 0 heterocycles. The summed E-state index contributed by atoms with van der Waals surface area (Å²) in [5, 5.41) is 4.56. The van der Waals surface area contributed by atoms with Crippen molar-refractivity contribution in [3.63, 3.8) is 0 Å². The molecular formula is C21H18BrCl2NO2. The molecule has 1 N–H and O–H groups in total. The quantitative estimate of drug-likeness (QED) is 0.408. The Morgan fingerprint density at radius 1 is 0.926 bits per heavy atom. The molecule has 0 saturated carbocycles. The minimum Gasteiger partial charge on any atom is -0.493 e. The van der Waals surface area contributed by atoms with Crippen LogP contribution in [0.3, 0.4) is 0 Å². The van der Waals surface area contributed by atoms with E-state index in [4.69, 9.17) is 32.7 Å². The molecule has 140 valence electrons. The highest BCUT2D eigenvalue weighted by molar-refractivity contribution is 9.10. The number of methoxy groups -OCH3 is 1. The summed E-state index contributed by atoms with van der Waals surface area (Å²) in [4.78, 5) is 0. The molecule has 3 nitrogen and oxygen atoms in total. The van der Waals surface area contributed by atoms with Crippen molar-refractivity contribution in [1.82, 2.24) is 0 Å². The summed E-state index contributed by atoms with van der Waals surface area (Å²) in [6, 6.07) is 19.3. The summed E-state index contributed by atoms with van der Waals surface area (Å²) in [7, 11) is 1.63. The lowest BCUT2D eigenvalue weighted by Crippen LogP contribution is -2.02. The number of anilines is 1. The predicted octanol–water partition coefficient (Wildman–Crippen LogP) is 6.96. The fourth-order valence-electron chi connectivity index (χ4n) is 2.51. The summed E-state index contributed by atoms with van der Waals surface area (Å²) >= 11 is 15.6. The molecule has 0 aliphatic heterocycles. The summed E-state index contributed by atoms with van der Waals surface area (Å²) < 4.78 is 12.4. The largest absolute Gasteiger partial charge is 0.493 e. The smallest absolute Gasteiger partial charge is 0.161 e. The van der Waals surface area contributed by atoms with E-state index >= 15 is 0 Å². The standard InChI is InChI=1S/C21H18BrCl2NO2/c1-26-21-10-14(12-25-18-7-4-16(22)5-8-18)2-9-20(21)27-13-15-3-6-17(23)11-19(15)24/h2-11,25H,12-13H2,1H3. The van der Waals surface area contributed by atoms with Gasteiger partial charge >= 0.3 is 0 Å². The van der Waals surface area contributed by atoms with Gasteiger partial charge in [0.05, 0.1) is 7.11 Å². The average Bonchev–Trinajstić information content (AvgIpc) is 2.67. The van der Waals surface area contributed by atoms with Crippen molar-refractivity contribution in [2.75, 3.05) is 12.4 Å². The van der Waals surface area contributed by atoms with Crippen LogP contribution in [0.1, 0.15) is 11.1 Å². The molecule has 0 unspecified atom stereocenters. The van der Waals surface area contributed by atoms with Gasteiger partial charge in [0.2, 0.25) is 0 Å². The maximum absolute atomic E-state index is 6.20. The first-order chi connectivity index (χ1) is 13.0. The van der Waals surface area contributed by atoms with Crippen LogP contribution >= 0.6 is 39.1 Å². The molecule has 3 rings (SSSR count). The lowest BCUT2D eigenvalue weighted by molar-refractivity contribution is 0.284. The molecule has 0 atom stereocenters. The second kappa shape index (κ2) is 9.36. The van der Waals surface area contributed by atoms with Gasteiger partial charge in [-0.3, -0.25) is 0 Å². The Balaban J connectivity index is 1.65. The van der Waals surface area contributed by atoms with Crippen LogP contribution in [-0.2, 0) is 13.2 Å². The van der Waals surface area contributed by atoms with E-state index in [-0.39, 0.29) is 0 Å². The van der Waals surface area contributed by atoms with Crippen molar-refractivity contribution < 1.29 is 9.47 Å². The highest BCUT2D eigenvalue weighted by atomic mass is 79.9. The Morgan fingerprint density at radius 3 is 2.41 bits per heavy atom. The van der Waals surface area contributed by atoms with Crippen LogP contribution in [0.4, 0.5) is 5.69 Å². The molecule has 3 aromatic carbocycles. The van der Waals surface area contributed by atoms with E-state index in [9.17, 15) is 0 Å². The third-order valence-electron chi connectivity index (χ3n) is 3.97. The van der Waals surface area contributed by atoms with Gasteiger partial charge in [-0.15, -0.1) is 0 Å². The Morgan fingerprint density at radius 2 is 1.70 bits per heavy atom. The summed E-state index contributed by atoms with van der Waals surface area (Å²) in [6.45, 7) is 1.02. The fourth-order valence-corrected chi connectivity index (χ4v) is 3.23. The molecule has 3 aromatic rings. The first-order valence-corrected chi connectivity index (χ1v) is 9.83. The minimum atomic E-state index is 0.336. The number of rotatable bonds is 7. The van der Waals surface area contributed by atoms with E-state index in [2.05, 4.69) is 21.2 Å².